The topological polar surface area (TPSA) is 49.4 Å². The molecule has 2 bridgehead atoms. The summed E-state index contributed by atoms with van der Waals surface area (Å²) in [6.07, 6.45) is 3.25. The predicted molar refractivity (Wildman–Crippen MR) is 106 cm³/mol. The fourth-order valence-electron chi connectivity index (χ4n) is 4.33. The molecule has 26 heavy (non-hydrogen) atoms. The van der Waals surface area contributed by atoms with Crippen LogP contribution in [-0.4, -0.2) is 32.4 Å². The van der Waals surface area contributed by atoms with E-state index in [0.717, 1.165) is 50.2 Å². The van der Waals surface area contributed by atoms with Gasteiger partial charge in [0.1, 0.15) is 4.21 Å². The molecule has 1 aliphatic heterocycles. The average Bonchev–Trinajstić information content (AvgIpc) is 3.15. The Kier molecular flexibility index (Phi) is 5.39. The number of fused-ring (bicyclic) bond motifs is 2. The monoisotopic (exact) mass is 410 g/mol. The van der Waals surface area contributed by atoms with Crippen LogP contribution in [0.2, 0.25) is 4.34 Å². The van der Waals surface area contributed by atoms with Crippen LogP contribution in [0.1, 0.15) is 24.8 Å². The second kappa shape index (κ2) is 7.60. The first kappa shape index (κ1) is 18.4. The van der Waals surface area contributed by atoms with Crippen molar-refractivity contribution in [1.82, 2.24) is 9.62 Å². The fourth-order valence-corrected chi connectivity index (χ4v) is 7.20. The van der Waals surface area contributed by atoms with Gasteiger partial charge in [-0.25, -0.2) is 13.1 Å². The van der Waals surface area contributed by atoms with Gasteiger partial charge in [-0.05, 0) is 55.3 Å². The molecular formula is C19H23ClN2O2S2. The number of rotatable bonds is 5. The maximum atomic E-state index is 12.7. The summed E-state index contributed by atoms with van der Waals surface area (Å²) < 4.78 is 29.3. The van der Waals surface area contributed by atoms with Gasteiger partial charge in [0.05, 0.1) is 4.34 Å². The third-order valence-electron chi connectivity index (χ3n) is 5.59. The van der Waals surface area contributed by atoms with Crippen molar-refractivity contribution < 1.29 is 8.42 Å². The molecule has 2 aliphatic rings. The summed E-state index contributed by atoms with van der Waals surface area (Å²) in [4.78, 5) is 2.47. The Hall–Kier alpha value is -0.920. The van der Waals surface area contributed by atoms with Crippen molar-refractivity contribution in [1.29, 1.82) is 0 Å². The highest BCUT2D eigenvalue weighted by Gasteiger charge is 2.41. The van der Waals surface area contributed by atoms with Crippen molar-refractivity contribution in [2.75, 3.05) is 13.1 Å². The van der Waals surface area contributed by atoms with Crippen LogP contribution in [0.3, 0.4) is 0 Å². The van der Waals surface area contributed by atoms with Crippen LogP contribution in [0.5, 0.6) is 0 Å². The molecule has 1 aromatic carbocycles. The van der Waals surface area contributed by atoms with E-state index < -0.39 is 10.0 Å². The van der Waals surface area contributed by atoms with E-state index in [1.807, 2.05) is 6.07 Å². The minimum atomic E-state index is -3.49. The maximum absolute atomic E-state index is 12.7. The van der Waals surface area contributed by atoms with Gasteiger partial charge >= 0.3 is 0 Å². The van der Waals surface area contributed by atoms with Crippen molar-refractivity contribution in [3.05, 3.63) is 52.4 Å². The number of hydrogen-bond acceptors (Lipinski definition) is 4. The third kappa shape index (κ3) is 3.99. The minimum absolute atomic E-state index is 0.0293. The molecule has 2 fully saturated rings. The number of nitrogens with zero attached hydrogens (tertiary/aromatic N) is 1. The Morgan fingerprint density at radius 3 is 2.58 bits per heavy atom. The van der Waals surface area contributed by atoms with Gasteiger partial charge in [-0.15, -0.1) is 11.3 Å². The summed E-state index contributed by atoms with van der Waals surface area (Å²) >= 11 is 7.04. The molecule has 4 rings (SSSR count). The van der Waals surface area contributed by atoms with E-state index in [0.29, 0.717) is 20.4 Å². The molecule has 140 valence electrons. The van der Waals surface area contributed by atoms with Crippen molar-refractivity contribution in [2.45, 2.75) is 36.1 Å². The summed E-state index contributed by atoms with van der Waals surface area (Å²) in [5, 5.41) is 0. The molecule has 1 saturated heterocycles. The zero-order chi connectivity index (χ0) is 18.1. The van der Waals surface area contributed by atoms with Crippen molar-refractivity contribution >= 4 is 33.0 Å². The lowest BCUT2D eigenvalue weighted by atomic mass is 9.98. The summed E-state index contributed by atoms with van der Waals surface area (Å²) in [6, 6.07) is 13.8. The van der Waals surface area contributed by atoms with E-state index in [4.69, 9.17) is 11.6 Å². The van der Waals surface area contributed by atoms with E-state index in [-0.39, 0.29) is 6.04 Å². The summed E-state index contributed by atoms with van der Waals surface area (Å²) in [5.74, 6) is 0.794. The van der Waals surface area contributed by atoms with Crippen molar-refractivity contribution in [3.63, 3.8) is 0 Å². The van der Waals surface area contributed by atoms with Gasteiger partial charge in [-0.1, -0.05) is 41.9 Å². The van der Waals surface area contributed by atoms with Gasteiger partial charge < -0.3 is 0 Å². The molecule has 1 N–H and O–H groups in total. The lowest BCUT2D eigenvalue weighted by molar-refractivity contribution is 0.226. The predicted octanol–water partition coefficient (Wildman–Crippen LogP) is 3.98. The molecule has 3 unspecified atom stereocenters. The molecular weight excluding hydrogens is 388 g/mol. The third-order valence-corrected chi connectivity index (χ3v) is 8.77. The molecule has 0 amide bonds. The Balaban J connectivity index is 1.47. The molecule has 4 nitrogen and oxygen atoms in total. The Labute approximate surface area is 164 Å². The van der Waals surface area contributed by atoms with E-state index in [1.54, 1.807) is 12.1 Å². The molecule has 1 aromatic heterocycles. The van der Waals surface area contributed by atoms with Crippen LogP contribution in [0, 0.1) is 11.8 Å². The van der Waals surface area contributed by atoms with E-state index in [2.05, 4.69) is 33.9 Å². The first-order valence-corrected chi connectivity index (χ1v) is 11.7. The van der Waals surface area contributed by atoms with Gasteiger partial charge in [0.2, 0.25) is 10.0 Å². The number of nitrogens with one attached hydrogen (secondary N) is 1. The molecule has 2 heterocycles. The first-order chi connectivity index (χ1) is 12.5. The Morgan fingerprint density at radius 2 is 1.85 bits per heavy atom. The summed E-state index contributed by atoms with van der Waals surface area (Å²) in [7, 11) is -3.49. The average molecular weight is 411 g/mol. The number of thiophene rings is 1. The highest BCUT2D eigenvalue weighted by Crippen LogP contribution is 2.38. The van der Waals surface area contributed by atoms with E-state index in [9.17, 15) is 8.42 Å². The van der Waals surface area contributed by atoms with Gasteiger partial charge in [0.15, 0.2) is 0 Å². The number of hydrogen-bond donors (Lipinski definition) is 1. The van der Waals surface area contributed by atoms with Gasteiger partial charge in [0, 0.05) is 19.1 Å². The summed E-state index contributed by atoms with van der Waals surface area (Å²) in [6.45, 7) is 2.91. The van der Waals surface area contributed by atoms with Crippen molar-refractivity contribution in [3.8, 4) is 0 Å². The minimum Gasteiger partial charge on any atom is -0.299 e. The molecule has 0 spiro atoms. The normalized spacial score (nSPS) is 26.7. The standard InChI is InChI=1S/C19H23ClN2O2S2/c20-17-8-9-18(25-17)26(23,24)21-19-15-6-7-16(19)13-22(11-10-15)12-14-4-2-1-3-5-14/h1-5,8-9,15-16,19,21H,6-7,10-13H2. The zero-order valence-corrected chi connectivity index (χ0v) is 16.9. The fraction of sp³-hybridized carbons (Fsp3) is 0.474. The molecule has 2 aromatic rings. The van der Waals surface area contributed by atoms with Crippen LogP contribution >= 0.6 is 22.9 Å². The molecule has 0 radical (unpaired) electrons. The molecule has 1 aliphatic carbocycles. The van der Waals surface area contributed by atoms with Gasteiger partial charge in [-0.2, -0.15) is 0 Å². The van der Waals surface area contributed by atoms with Gasteiger partial charge in [-0.3, -0.25) is 4.90 Å². The number of sulfonamides is 1. The summed E-state index contributed by atoms with van der Waals surface area (Å²) in [5.41, 5.74) is 1.32. The quantitative estimate of drug-likeness (QED) is 0.811. The van der Waals surface area contributed by atoms with Crippen LogP contribution < -0.4 is 4.72 Å². The lowest BCUT2D eigenvalue weighted by Gasteiger charge is -2.26. The number of likely N-dealkylation sites (tertiary alicyclic amines) is 1. The molecule has 1 saturated carbocycles. The lowest BCUT2D eigenvalue weighted by Crippen LogP contribution is -2.42. The largest absolute Gasteiger partial charge is 0.299 e. The van der Waals surface area contributed by atoms with Crippen LogP contribution in [0.25, 0.3) is 0 Å². The van der Waals surface area contributed by atoms with E-state index in [1.165, 1.54) is 5.56 Å². The molecule has 7 heteroatoms. The van der Waals surface area contributed by atoms with Crippen molar-refractivity contribution in [2.24, 2.45) is 11.8 Å². The second-order valence-corrected chi connectivity index (χ2v) is 11.0. The highest BCUT2D eigenvalue weighted by molar-refractivity contribution is 7.91. The Bertz CT molecular complexity index is 853. The first-order valence-electron chi connectivity index (χ1n) is 9.05. The van der Waals surface area contributed by atoms with Gasteiger partial charge in [0.25, 0.3) is 0 Å². The highest BCUT2D eigenvalue weighted by atomic mass is 35.5. The maximum Gasteiger partial charge on any atom is 0.250 e. The van der Waals surface area contributed by atoms with Crippen LogP contribution in [0.15, 0.2) is 46.7 Å². The number of halogens is 1. The smallest absolute Gasteiger partial charge is 0.250 e. The van der Waals surface area contributed by atoms with E-state index >= 15 is 0 Å². The number of benzene rings is 1. The molecule has 3 atom stereocenters. The van der Waals surface area contributed by atoms with Crippen LogP contribution in [0.4, 0.5) is 0 Å². The second-order valence-electron chi connectivity index (χ2n) is 7.31. The Morgan fingerprint density at radius 1 is 1.08 bits per heavy atom. The van der Waals surface area contributed by atoms with Crippen LogP contribution in [-0.2, 0) is 16.6 Å². The SMILES string of the molecule is O=S(=O)(NC1C2CCC1CN(Cc1ccccc1)CC2)c1ccc(Cl)s1. The zero-order valence-electron chi connectivity index (χ0n) is 14.5.